The lowest BCUT2D eigenvalue weighted by Crippen LogP contribution is -2.35. The molecule has 1 aromatic heterocycles. The predicted octanol–water partition coefficient (Wildman–Crippen LogP) is 2.88. The lowest BCUT2D eigenvalue weighted by Gasteiger charge is -2.24. The molecule has 1 unspecified atom stereocenters. The van der Waals surface area contributed by atoms with Crippen molar-refractivity contribution in [3.63, 3.8) is 0 Å². The fourth-order valence-corrected chi connectivity index (χ4v) is 3.52. The third kappa shape index (κ3) is 3.65. The van der Waals surface area contributed by atoms with Crippen LogP contribution >= 0.6 is 0 Å². The minimum Gasteiger partial charge on any atom is -0.380 e. The Hall–Kier alpha value is -1.65. The van der Waals surface area contributed by atoms with Crippen molar-refractivity contribution in [2.45, 2.75) is 39.2 Å². The van der Waals surface area contributed by atoms with Gasteiger partial charge in [0.1, 0.15) is 0 Å². The van der Waals surface area contributed by atoms with Gasteiger partial charge in [-0.05, 0) is 56.3 Å². The van der Waals surface area contributed by atoms with Crippen LogP contribution in [0.25, 0.3) is 10.8 Å². The molecule has 0 bridgehead atoms. The van der Waals surface area contributed by atoms with Gasteiger partial charge in [0.05, 0.1) is 6.61 Å². The van der Waals surface area contributed by atoms with Crippen LogP contribution in [-0.2, 0) is 11.2 Å². The largest absolute Gasteiger partial charge is 0.380 e. The highest BCUT2D eigenvalue weighted by Gasteiger charge is 2.24. The fourth-order valence-electron chi connectivity index (χ4n) is 3.52. The molecule has 1 fully saturated rings. The van der Waals surface area contributed by atoms with Gasteiger partial charge in [-0.15, -0.1) is 0 Å². The van der Waals surface area contributed by atoms with Gasteiger partial charge in [-0.3, -0.25) is 9.69 Å². The van der Waals surface area contributed by atoms with E-state index in [0.29, 0.717) is 6.04 Å². The van der Waals surface area contributed by atoms with Crippen molar-refractivity contribution in [1.29, 1.82) is 0 Å². The van der Waals surface area contributed by atoms with Crippen molar-refractivity contribution in [2.75, 3.05) is 26.3 Å². The number of aryl methyl sites for hydroxylation is 1. The second-order valence-corrected chi connectivity index (χ2v) is 6.40. The van der Waals surface area contributed by atoms with E-state index >= 15 is 0 Å². The maximum absolute atomic E-state index is 12.3. The number of hydrogen-bond donors (Lipinski definition) is 1. The van der Waals surface area contributed by atoms with Crippen LogP contribution in [0.4, 0.5) is 0 Å². The lowest BCUT2D eigenvalue weighted by atomic mass is 10.1. The van der Waals surface area contributed by atoms with E-state index in [1.54, 1.807) is 0 Å². The summed E-state index contributed by atoms with van der Waals surface area (Å²) in [5.74, 6) is 0. The van der Waals surface area contributed by atoms with Crippen molar-refractivity contribution in [3.8, 4) is 0 Å². The van der Waals surface area contributed by atoms with Gasteiger partial charge in [0.15, 0.2) is 0 Å². The molecule has 4 heteroatoms. The van der Waals surface area contributed by atoms with E-state index in [9.17, 15) is 4.79 Å². The van der Waals surface area contributed by atoms with E-state index in [4.69, 9.17) is 4.74 Å². The summed E-state index contributed by atoms with van der Waals surface area (Å²) in [4.78, 5) is 17.8. The van der Waals surface area contributed by atoms with Crippen LogP contribution in [0.3, 0.4) is 0 Å². The molecule has 2 heterocycles. The molecule has 3 rings (SSSR count). The first-order valence-electron chi connectivity index (χ1n) is 8.62. The fraction of sp³-hybridized carbons (Fsp3) is 0.526. The summed E-state index contributed by atoms with van der Waals surface area (Å²) in [6.45, 7) is 7.82. The van der Waals surface area contributed by atoms with Crippen LogP contribution < -0.4 is 5.56 Å². The summed E-state index contributed by atoms with van der Waals surface area (Å²) < 4.78 is 5.59. The predicted molar refractivity (Wildman–Crippen MR) is 94.1 cm³/mol. The SMILES string of the molecule is CCOCC1CCCN1CCc1cc2c(C)cccc2c(=O)[nH]1. The van der Waals surface area contributed by atoms with Gasteiger partial charge in [0.25, 0.3) is 5.56 Å². The molecule has 0 saturated carbocycles. The smallest absolute Gasteiger partial charge is 0.256 e. The molecule has 1 aliphatic heterocycles. The third-order valence-electron chi connectivity index (χ3n) is 4.84. The zero-order valence-electron chi connectivity index (χ0n) is 14.1. The van der Waals surface area contributed by atoms with E-state index in [1.165, 1.54) is 12.8 Å². The van der Waals surface area contributed by atoms with Crippen molar-refractivity contribution >= 4 is 10.8 Å². The van der Waals surface area contributed by atoms with Gasteiger partial charge >= 0.3 is 0 Å². The number of ether oxygens (including phenoxy) is 1. The van der Waals surface area contributed by atoms with Crippen LogP contribution in [-0.4, -0.2) is 42.2 Å². The van der Waals surface area contributed by atoms with Gasteiger partial charge in [0, 0.05) is 36.7 Å². The Bertz CT molecular complexity index is 723. The second-order valence-electron chi connectivity index (χ2n) is 6.40. The first-order chi connectivity index (χ1) is 11.2. The minimum absolute atomic E-state index is 0.0217. The van der Waals surface area contributed by atoms with Crippen LogP contribution in [0.2, 0.25) is 0 Å². The normalized spacial score (nSPS) is 18.8. The van der Waals surface area contributed by atoms with Gasteiger partial charge in [-0.1, -0.05) is 12.1 Å². The number of hydrogen-bond acceptors (Lipinski definition) is 3. The Labute approximate surface area is 137 Å². The zero-order valence-corrected chi connectivity index (χ0v) is 14.1. The molecule has 1 atom stereocenters. The Morgan fingerprint density at radius 3 is 3.04 bits per heavy atom. The van der Waals surface area contributed by atoms with E-state index in [0.717, 1.165) is 54.8 Å². The van der Waals surface area contributed by atoms with Crippen molar-refractivity contribution < 1.29 is 4.74 Å². The molecular weight excluding hydrogens is 288 g/mol. The molecule has 4 nitrogen and oxygen atoms in total. The van der Waals surface area contributed by atoms with Crippen molar-refractivity contribution in [1.82, 2.24) is 9.88 Å². The highest BCUT2D eigenvalue weighted by atomic mass is 16.5. The van der Waals surface area contributed by atoms with E-state index in [2.05, 4.69) is 28.9 Å². The van der Waals surface area contributed by atoms with Crippen molar-refractivity contribution in [3.05, 3.63) is 45.9 Å². The minimum atomic E-state index is 0.0217. The molecule has 23 heavy (non-hydrogen) atoms. The number of nitrogens with zero attached hydrogens (tertiary/aromatic N) is 1. The number of rotatable bonds is 6. The summed E-state index contributed by atoms with van der Waals surface area (Å²) in [5.41, 5.74) is 2.21. The number of aromatic amines is 1. The van der Waals surface area contributed by atoms with E-state index < -0.39 is 0 Å². The highest BCUT2D eigenvalue weighted by molar-refractivity contribution is 5.84. The number of aromatic nitrogens is 1. The number of nitrogens with one attached hydrogen (secondary N) is 1. The lowest BCUT2D eigenvalue weighted by molar-refractivity contribution is 0.0856. The number of fused-ring (bicyclic) bond motifs is 1. The molecule has 1 N–H and O–H groups in total. The summed E-state index contributed by atoms with van der Waals surface area (Å²) >= 11 is 0. The molecule has 0 amide bonds. The molecule has 0 spiro atoms. The summed E-state index contributed by atoms with van der Waals surface area (Å²) in [6, 6.07) is 8.56. The molecule has 0 aliphatic carbocycles. The zero-order chi connectivity index (χ0) is 16.2. The van der Waals surface area contributed by atoms with Gasteiger partial charge in [0.2, 0.25) is 0 Å². The number of benzene rings is 1. The van der Waals surface area contributed by atoms with Gasteiger partial charge in [-0.25, -0.2) is 0 Å². The monoisotopic (exact) mass is 314 g/mol. The molecular formula is C19H26N2O2. The average Bonchev–Trinajstić information content (AvgIpc) is 2.99. The first kappa shape index (κ1) is 16.2. The van der Waals surface area contributed by atoms with Gasteiger partial charge in [-0.2, -0.15) is 0 Å². The topological polar surface area (TPSA) is 45.3 Å². The second kappa shape index (κ2) is 7.28. The average molecular weight is 314 g/mol. The van der Waals surface area contributed by atoms with Crippen molar-refractivity contribution in [2.24, 2.45) is 0 Å². The Morgan fingerprint density at radius 2 is 2.22 bits per heavy atom. The Balaban J connectivity index is 1.72. The van der Waals surface area contributed by atoms with Crippen LogP contribution in [0.1, 0.15) is 31.0 Å². The van der Waals surface area contributed by atoms with E-state index in [-0.39, 0.29) is 5.56 Å². The molecule has 124 valence electrons. The quantitative estimate of drug-likeness (QED) is 0.892. The molecule has 1 aliphatic rings. The maximum atomic E-state index is 12.3. The summed E-state index contributed by atoms with van der Waals surface area (Å²) in [7, 11) is 0. The highest BCUT2D eigenvalue weighted by Crippen LogP contribution is 2.19. The first-order valence-corrected chi connectivity index (χ1v) is 8.62. The maximum Gasteiger partial charge on any atom is 0.256 e. The van der Waals surface area contributed by atoms with Gasteiger partial charge < -0.3 is 9.72 Å². The number of likely N-dealkylation sites (tertiary alicyclic amines) is 1. The van der Waals surface area contributed by atoms with E-state index in [1.807, 2.05) is 19.1 Å². The molecule has 0 radical (unpaired) electrons. The molecule has 1 aromatic carbocycles. The Kier molecular flexibility index (Phi) is 5.13. The van der Waals surface area contributed by atoms with Crippen LogP contribution in [0.15, 0.2) is 29.1 Å². The third-order valence-corrected chi connectivity index (χ3v) is 4.84. The van der Waals surface area contributed by atoms with Crippen LogP contribution in [0.5, 0.6) is 0 Å². The standard InChI is InChI=1S/C19H26N2O2/c1-3-23-13-16-7-5-10-21(16)11-9-15-12-18-14(2)6-4-8-17(18)19(22)20-15/h4,6,8,12,16H,3,5,7,9-11,13H2,1-2H3,(H,20,22). The number of H-pyrrole nitrogens is 1. The Morgan fingerprint density at radius 1 is 1.35 bits per heavy atom. The molecule has 1 saturated heterocycles. The number of pyridine rings is 1. The summed E-state index contributed by atoms with van der Waals surface area (Å²) in [5, 5.41) is 1.85. The van der Waals surface area contributed by atoms with Crippen LogP contribution in [0, 0.1) is 6.92 Å². The molecule has 2 aromatic rings. The summed E-state index contributed by atoms with van der Waals surface area (Å²) in [6.07, 6.45) is 3.33.